The van der Waals surface area contributed by atoms with Gasteiger partial charge in [0.15, 0.2) is 0 Å². The van der Waals surface area contributed by atoms with Crippen molar-refractivity contribution in [2.45, 2.75) is 19.5 Å². The van der Waals surface area contributed by atoms with E-state index in [9.17, 15) is 0 Å². The van der Waals surface area contributed by atoms with E-state index in [4.69, 9.17) is 10.5 Å². The lowest BCUT2D eigenvalue weighted by Gasteiger charge is -2.22. The van der Waals surface area contributed by atoms with Crippen molar-refractivity contribution in [1.82, 2.24) is 0 Å². The van der Waals surface area contributed by atoms with E-state index in [1.807, 2.05) is 19.1 Å². The van der Waals surface area contributed by atoms with Crippen LogP contribution in [0.5, 0.6) is 5.75 Å². The molecule has 2 N–H and O–H groups in total. The number of methoxy groups -OCH3 is 1. The van der Waals surface area contributed by atoms with Gasteiger partial charge in [0.25, 0.3) is 0 Å². The molecule has 0 spiro atoms. The van der Waals surface area contributed by atoms with Crippen LogP contribution in [0.1, 0.15) is 24.1 Å². The standard InChI is InChI=1S/C17H21BrN2O/c1-12(19)14-6-9-17(16(18)10-14)20(2)11-13-4-7-15(21-3)8-5-13/h4-10,12H,11,19H2,1-3H3/t12-/m0/s1. The molecule has 0 aromatic heterocycles. The van der Waals surface area contributed by atoms with Crippen LogP contribution in [-0.4, -0.2) is 14.2 Å². The van der Waals surface area contributed by atoms with Crippen LogP contribution >= 0.6 is 15.9 Å². The van der Waals surface area contributed by atoms with E-state index < -0.39 is 0 Å². The predicted octanol–water partition coefficient (Wildman–Crippen LogP) is 4.11. The molecule has 0 heterocycles. The van der Waals surface area contributed by atoms with Gasteiger partial charge < -0.3 is 15.4 Å². The molecule has 0 unspecified atom stereocenters. The van der Waals surface area contributed by atoms with Crippen molar-refractivity contribution in [3.8, 4) is 5.75 Å². The van der Waals surface area contributed by atoms with E-state index in [1.54, 1.807) is 7.11 Å². The molecule has 2 aromatic carbocycles. The monoisotopic (exact) mass is 348 g/mol. The highest BCUT2D eigenvalue weighted by Gasteiger charge is 2.09. The third-order valence-electron chi connectivity index (χ3n) is 3.49. The van der Waals surface area contributed by atoms with Crippen LogP contribution in [0.3, 0.4) is 0 Å². The van der Waals surface area contributed by atoms with Gasteiger partial charge in [0.2, 0.25) is 0 Å². The van der Waals surface area contributed by atoms with Crippen LogP contribution in [0.2, 0.25) is 0 Å². The first kappa shape index (κ1) is 15.9. The van der Waals surface area contributed by atoms with Crippen LogP contribution in [0, 0.1) is 0 Å². The van der Waals surface area contributed by atoms with E-state index in [2.05, 4.69) is 58.2 Å². The first-order valence-corrected chi connectivity index (χ1v) is 7.69. The number of nitrogens with two attached hydrogens (primary N) is 1. The Morgan fingerprint density at radius 1 is 1.19 bits per heavy atom. The molecule has 2 rings (SSSR count). The smallest absolute Gasteiger partial charge is 0.118 e. The molecule has 0 amide bonds. The summed E-state index contributed by atoms with van der Waals surface area (Å²) < 4.78 is 6.24. The van der Waals surface area contributed by atoms with Crippen molar-refractivity contribution in [3.05, 3.63) is 58.1 Å². The summed E-state index contributed by atoms with van der Waals surface area (Å²) in [7, 11) is 3.76. The SMILES string of the molecule is COc1ccc(CN(C)c2ccc([C@H](C)N)cc2Br)cc1. The maximum atomic E-state index is 5.91. The summed E-state index contributed by atoms with van der Waals surface area (Å²) in [6.45, 7) is 2.82. The molecule has 21 heavy (non-hydrogen) atoms. The lowest BCUT2D eigenvalue weighted by molar-refractivity contribution is 0.414. The number of rotatable bonds is 5. The second-order valence-corrected chi connectivity index (χ2v) is 6.06. The van der Waals surface area contributed by atoms with Crippen LogP contribution < -0.4 is 15.4 Å². The molecule has 112 valence electrons. The zero-order valence-electron chi connectivity index (χ0n) is 12.6. The molecule has 0 aliphatic carbocycles. The average Bonchev–Trinajstić information content (AvgIpc) is 2.47. The molecule has 0 bridgehead atoms. The number of halogens is 1. The molecule has 0 radical (unpaired) electrons. The van der Waals surface area contributed by atoms with Crippen LogP contribution in [-0.2, 0) is 6.54 Å². The number of nitrogens with zero attached hydrogens (tertiary/aromatic N) is 1. The Morgan fingerprint density at radius 3 is 2.38 bits per heavy atom. The van der Waals surface area contributed by atoms with Gasteiger partial charge in [-0.2, -0.15) is 0 Å². The molecular formula is C17H21BrN2O. The molecule has 2 aromatic rings. The minimum absolute atomic E-state index is 0.0437. The van der Waals surface area contributed by atoms with Gasteiger partial charge in [0, 0.05) is 24.1 Å². The Kier molecular flexibility index (Phi) is 5.26. The van der Waals surface area contributed by atoms with Crippen molar-refractivity contribution < 1.29 is 4.74 Å². The number of hydrogen-bond donors (Lipinski definition) is 1. The highest BCUT2D eigenvalue weighted by atomic mass is 79.9. The fourth-order valence-corrected chi connectivity index (χ4v) is 2.91. The normalized spacial score (nSPS) is 12.0. The summed E-state index contributed by atoms with van der Waals surface area (Å²) in [6, 6.07) is 14.4. The van der Waals surface area contributed by atoms with Gasteiger partial charge in [0.05, 0.1) is 12.8 Å². The van der Waals surface area contributed by atoms with E-state index in [0.29, 0.717) is 0 Å². The summed E-state index contributed by atoms with van der Waals surface area (Å²) >= 11 is 3.63. The maximum Gasteiger partial charge on any atom is 0.118 e. The van der Waals surface area contributed by atoms with Crippen molar-refractivity contribution in [3.63, 3.8) is 0 Å². The van der Waals surface area contributed by atoms with Crippen LogP contribution in [0.15, 0.2) is 46.9 Å². The topological polar surface area (TPSA) is 38.5 Å². The predicted molar refractivity (Wildman–Crippen MR) is 91.8 cm³/mol. The van der Waals surface area contributed by atoms with Crippen LogP contribution in [0.4, 0.5) is 5.69 Å². The molecule has 0 saturated carbocycles. The number of anilines is 1. The van der Waals surface area contributed by atoms with E-state index in [1.165, 1.54) is 5.56 Å². The van der Waals surface area contributed by atoms with Crippen molar-refractivity contribution in [2.75, 3.05) is 19.1 Å². The Hall–Kier alpha value is -1.52. The van der Waals surface area contributed by atoms with Gasteiger partial charge in [-0.25, -0.2) is 0 Å². The van der Waals surface area contributed by atoms with E-state index in [-0.39, 0.29) is 6.04 Å². The van der Waals surface area contributed by atoms with Crippen molar-refractivity contribution >= 4 is 21.6 Å². The van der Waals surface area contributed by atoms with Gasteiger partial charge >= 0.3 is 0 Å². The zero-order valence-corrected chi connectivity index (χ0v) is 14.2. The Bertz CT molecular complexity index is 596. The highest BCUT2D eigenvalue weighted by Crippen LogP contribution is 2.29. The summed E-state index contributed by atoms with van der Waals surface area (Å²) in [5.74, 6) is 0.879. The number of hydrogen-bond acceptors (Lipinski definition) is 3. The van der Waals surface area contributed by atoms with Gasteiger partial charge in [-0.1, -0.05) is 18.2 Å². The minimum atomic E-state index is 0.0437. The largest absolute Gasteiger partial charge is 0.497 e. The summed E-state index contributed by atoms with van der Waals surface area (Å²) in [5, 5.41) is 0. The Morgan fingerprint density at radius 2 is 1.86 bits per heavy atom. The van der Waals surface area contributed by atoms with Gasteiger partial charge in [0.1, 0.15) is 5.75 Å². The van der Waals surface area contributed by atoms with Gasteiger partial charge in [-0.05, 0) is 58.2 Å². The molecule has 1 atom stereocenters. The van der Waals surface area contributed by atoms with Crippen molar-refractivity contribution in [2.24, 2.45) is 5.73 Å². The third-order valence-corrected chi connectivity index (χ3v) is 4.12. The highest BCUT2D eigenvalue weighted by molar-refractivity contribution is 9.10. The Labute approximate surface area is 134 Å². The second kappa shape index (κ2) is 6.96. The molecule has 0 aliphatic rings. The first-order chi connectivity index (χ1) is 10.0. The lowest BCUT2D eigenvalue weighted by atomic mass is 10.1. The molecule has 0 aliphatic heterocycles. The van der Waals surface area contributed by atoms with Crippen LogP contribution in [0.25, 0.3) is 0 Å². The fraction of sp³-hybridized carbons (Fsp3) is 0.294. The molecule has 4 heteroatoms. The van der Waals surface area contributed by atoms with Gasteiger partial charge in [-0.3, -0.25) is 0 Å². The molecular weight excluding hydrogens is 328 g/mol. The van der Waals surface area contributed by atoms with E-state index >= 15 is 0 Å². The minimum Gasteiger partial charge on any atom is -0.497 e. The Balaban J connectivity index is 2.13. The first-order valence-electron chi connectivity index (χ1n) is 6.90. The summed E-state index contributed by atoms with van der Waals surface area (Å²) in [6.07, 6.45) is 0. The molecule has 0 fully saturated rings. The average molecular weight is 349 g/mol. The third kappa shape index (κ3) is 3.99. The molecule has 0 saturated heterocycles. The summed E-state index contributed by atoms with van der Waals surface area (Å²) in [4.78, 5) is 2.21. The van der Waals surface area contributed by atoms with Gasteiger partial charge in [-0.15, -0.1) is 0 Å². The quantitative estimate of drug-likeness (QED) is 0.883. The van der Waals surface area contributed by atoms with Crippen molar-refractivity contribution in [1.29, 1.82) is 0 Å². The number of ether oxygens (including phenoxy) is 1. The number of benzene rings is 2. The zero-order chi connectivity index (χ0) is 15.4. The second-order valence-electron chi connectivity index (χ2n) is 5.20. The lowest BCUT2D eigenvalue weighted by Crippen LogP contribution is -2.17. The van der Waals surface area contributed by atoms with E-state index in [0.717, 1.165) is 28.0 Å². The maximum absolute atomic E-state index is 5.91. The summed E-state index contributed by atoms with van der Waals surface area (Å²) in [5.41, 5.74) is 9.43. The molecule has 3 nitrogen and oxygen atoms in total. The fourth-order valence-electron chi connectivity index (χ4n) is 2.21.